The quantitative estimate of drug-likeness (QED) is 0.672. The molecule has 0 amide bonds. The van der Waals surface area contributed by atoms with Gasteiger partial charge in [-0.25, -0.2) is 4.79 Å². The van der Waals surface area contributed by atoms with Crippen LogP contribution in [-0.2, 0) is 4.74 Å². The van der Waals surface area contributed by atoms with Crippen molar-refractivity contribution in [1.82, 2.24) is 0 Å². The fraction of sp³-hybridized carbons (Fsp3) is 0.417. The summed E-state index contributed by atoms with van der Waals surface area (Å²) in [5.41, 5.74) is 0.488. The van der Waals surface area contributed by atoms with Crippen molar-refractivity contribution in [2.75, 3.05) is 6.61 Å². The summed E-state index contributed by atoms with van der Waals surface area (Å²) in [6, 6.07) is 9.85. The summed E-state index contributed by atoms with van der Waals surface area (Å²) in [5, 5.41) is 0. The van der Waals surface area contributed by atoms with Gasteiger partial charge in [-0.2, -0.15) is 0 Å². The van der Waals surface area contributed by atoms with Gasteiger partial charge in [0.15, 0.2) is 0 Å². The van der Waals surface area contributed by atoms with Crippen molar-refractivity contribution < 1.29 is 9.53 Å². The molecular formula is C12H15O2. The van der Waals surface area contributed by atoms with E-state index in [4.69, 9.17) is 4.74 Å². The molecule has 1 rings (SSSR count). The first-order valence-corrected chi connectivity index (χ1v) is 4.63. The van der Waals surface area contributed by atoms with Gasteiger partial charge in [0.25, 0.3) is 0 Å². The smallest absolute Gasteiger partial charge is 0.338 e. The highest BCUT2D eigenvalue weighted by Crippen LogP contribution is 2.14. The Morgan fingerprint density at radius 3 is 2.64 bits per heavy atom. The van der Waals surface area contributed by atoms with Crippen LogP contribution in [0.5, 0.6) is 0 Å². The van der Waals surface area contributed by atoms with E-state index in [0.29, 0.717) is 12.2 Å². The van der Waals surface area contributed by atoms with Gasteiger partial charge >= 0.3 is 5.97 Å². The molecule has 0 heterocycles. The number of benzene rings is 1. The summed E-state index contributed by atoms with van der Waals surface area (Å²) < 4.78 is 5.12. The number of esters is 1. The molecule has 2 nitrogen and oxygen atoms in total. The summed E-state index contributed by atoms with van der Waals surface area (Å²) in [6.07, 6.45) is 0. The minimum Gasteiger partial charge on any atom is -0.462 e. The van der Waals surface area contributed by atoms with Gasteiger partial charge in [0, 0.05) is 0 Å². The summed E-state index contributed by atoms with van der Waals surface area (Å²) in [5.74, 6) is -0.305. The van der Waals surface area contributed by atoms with Crippen LogP contribution in [0.2, 0.25) is 0 Å². The third kappa shape index (κ3) is 3.60. The predicted octanol–water partition coefficient (Wildman–Crippen LogP) is 2.69. The van der Waals surface area contributed by atoms with Crippen molar-refractivity contribution in [3.8, 4) is 0 Å². The minimum atomic E-state index is -0.305. The standard InChI is InChI=1S/C12H15O2/c1-12(2,3)9-14-11(13)10-7-5-4-6-8-10/h4-7H,9H2,1-3H3. The van der Waals surface area contributed by atoms with Crippen molar-refractivity contribution in [3.63, 3.8) is 0 Å². The third-order valence-electron chi connectivity index (χ3n) is 1.57. The molecule has 1 aromatic carbocycles. The lowest BCUT2D eigenvalue weighted by Gasteiger charge is -2.17. The number of hydrogen-bond acceptors (Lipinski definition) is 2. The molecule has 0 aliphatic carbocycles. The molecule has 0 N–H and O–H groups in total. The van der Waals surface area contributed by atoms with E-state index in [2.05, 4.69) is 6.07 Å². The van der Waals surface area contributed by atoms with Crippen LogP contribution in [0.3, 0.4) is 0 Å². The molecule has 2 heteroatoms. The summed E-state index contributed by atoms with van der Waals surface area (Å²) in [4.78, 5) is 11.4. The average Bonchev–Trinajstić information content (AvgIpc) is 2.14. The zero-order valence-corrected chi connectivity index (χ0v) is 8.83. The molecule has 75 valence electrons. The molecule has 1 aromatic rings. The molecule has 0 fully saturated rings. The fourth-order valence-corrected chi connectivity index (χ4v) is 0.880. The van der Waals surface area contributed by atoms with E-state index in [1.54, 1.807) is 18.2 Å². The number of hydrogen-bond donors (Lipinski definition) is 0. The Bertz CT molecular complexity index is 296. The van der Waals surface area contributed by atoms with Crippen molar-refractivity contribution in [2.45, 2.75) is 20.8 Å². The van der Waals surface area contributed by atoms with Crippen LogP contribution in [0.15, 0.2) is 24.3 Å². The van der Waals surface area contributed by atoms with E-state index in [-0.39, 0.29) is 11.4 Å². The minimum absolute atomic E-state index is 0.00441. The zero-order valence-electron chi connectivity index (χ0n) is 8.83. The van der Waals surface area contributed by atoms with Gasteiger partial charge in [0.1, 0.15) is 0 Å². The SMILES string of the molecule is CC(C)(C)COC(=O)c1[c]cccc1. The van der Waals surface area contributed by atoms with Crippen LogP contribution in [0, 0.1) is 11.5 Å². The van der Waals surface area contributed by atoms with E-state index < -0.39 is 0 Å². The van der Waals surface area contributed by atoms with Gasteiger partial charge < -0.3 is 4.74 Å². The molecular weight excluding hydrogens is 176 g/mol. The second-order valence-electron chi connectivity index (χ2n) is 4.41. The van der Waals surface area contributed by atoms with Crippen LogP contribution >= 0.6 is 0 Å². The first-order chi connectivity index (χ1) is 6.49. The molecule has 0 atom stereocenters. The average molecular weight is 191 g/mol. The molecule has 14 heavy (non-hydrogen) atoms. The van der Waals surface area contributed by atoms with Crippen molar-refractivity contribution in [1.29, 1.82) is 0 Å². The first kappa shape index (κ1) is 10.8. The Labute approximate surface area is 84.9 Å². The van der Waals surface area contributed by atoms with Gasteiger partial charge in [0.05, 0.1) is 12.2 Å². The van der Waals surface area contributed by atoms with E-state index in [1.165, 1.54) is 0 Å². The maximum absolute atomic E-state index is 11.4. The van der Waals surface area contributed by atoms with E-state index in [9.17, 15) is 4.79 Å². The highest BCUT2D eigenvalue weighted by molar-refractivity contribution is 5.88. The van der Waals surface area contributed by atoms with Gasteiger partial charge in [-0.15, -0.1) is 0 Å². The topological polar surface area (TPSA) is 26.3 Å². The number of carbonyl (C=O) groups is 1. The zero-order chi connectivity index (χ0) is 10.6. The van der Waals surface area contributed by atoms with Crippen LogP contribution in [0.4, 0.5) is 0 Å². The van der Waals surface area contributed by atoms with Crippen LogP contribution in [-0.4, -0.2) is 12.6 Å². The lowest BCUT2D eigenvalue weighted by molar-refractivity contribution is 0.0366. The molecule has 0 aliphatic heterocycles. The van der Waals surface area contributed by atoms with Crippen molar-refractivity contribution in [3.05, 3.63) is 35.9 Å². The van der Waals surface area contributed by atoms with Gasteiger partial charge in [-0.1, -0.05) is 39.0 Å². The molecule has 0 saturated carbocycles. The second-order valence-corrected chi connectivity index (χ2v) is 4.41. The Morgan fingerprint density at radius 1 is 1.43 bits per heavy atom. The molecule has 0 aliphatic rings. The first-order valence-electron chi connectivity index (χ1n) is 4.63. The molecule has 0 saturated heterocycles. The monoisotopic (exact) mass is 191 g/mol. The van der Waals surface area contributed by atoms with Crippen molar-refractivity contribution in [2.24, 2.45) is 5.41 Å². The van der Waals surface area contributed by atoms with Crippen molar-refractivity contribution >= 4 is 5.97 Å². The molecule has 0 spiro atoms. The highest BCUT2D eigenvalue weighted by Gasteiger charge is 2.14. The van der Waals surface area contributed by atoms with Gasteiger partial charge in [0.2, 0.25) is 0 Å². The third-order valence-corrected chi connectivity index (χ3v) is 1.57. The highest BCUT2D eigenvalue weighted by atomic mass is 16.5. The maximum atomic E-state index is 11.4. The largest absolute Gasteiger partial charge is 0.462 e. The van der Waals surface area contributed by atoms with Gasteiger partial charge in [-0.05, 0) is 17.5 Å². The summed E-state index contributed by atoms with van der Waals surface area (Å²) >= 11 is 0. The summed E-state index contributed by atoms with van der Waals surface area (Å²) in [6.45, 7) is 6.49. The van der Waals surface area contributed by atoms with Crippen LogP contribution in [0.1, 0.15) is 31.1 Å². The van der Waals surface area contributed by atoms with Gasteiger partial charge in [-0.3, -0.25) is 0 Å². The Hall–Kier alpha value is -1.31. The lowest BCUT2D eigenvalue weighted by Crippen LogP contribution is -2.18. The molecule has 0 bridgehead atoms. The second kappa shape index (κ2) is 4.27. The number of rotatable bonds is 2. The number of carbonyl (C=O) groups excluding carboxylic acids is 1. The number of ether oxygens (including phenoxy) is 1. The lowest BCUT2D eigenvalue weighted by atomic mass is 9.99. The molecule has 1 radical (unpaired) electrons. The Kier molecular flexibility index (Phi) is 3.28. The van der Waals surface area contributed by atoms with E-state index >= 15 is 0 Å². The summed E-state index contributed by atoms with van der Waals surface area (Å²) in [7, 11) is 0. The van der Waals surface area contributed by atoms with E-state index in [0.717, 1.165) is 0 Å². The van der Waals surface area contributed by atoms with E-state index in [1.807, 2.05) is 26.8 Å². The Balaban J connectivity index is 2.52. The van der Waals surface area contributed by atoms with Crippen LogP contribution in [0.25, 0.3) is 0 Å². The van der Waals surface area contributed by atoms with Crippen LogP contribution < -0.4 is 0 Å². The fourth-order valence-electron chi connectivity index (χ4n) is 0.880. The predicted molar refractivity (Wildman–Crippen MR) is 55.0 cm³/mol. The molecule has 0 aromatic heterocycles. The maximum Gasteiger partial charge on any atom is 0.338 e. The Morgan fingerprint density at radius 2 is 2.14 bits per heavy atom. The normalized spacial score (nSPS) is 11.1. The molecule has 0 unspecified atom stereocenters.